The molecule has 12 nitrogen and oxygen atoms in total. The number of benzene rings is 2. The standard InChI is InChI=1S/C26H22F3N7O5S/c1-4-31-24(38)33-42(40,41)20-14-32-36(18-10-8-16(13-30)9-11-18)22(20)21-15(2)35(25(39)34(3)23(21)37)19-7-5-6-17(12-19)26(27,28)29/h5-12,14H,4H2,1-3H3,(H2,31,33,38). The summed E-state index contributed by atoms with van der Waals surface area (Å²) < 4.78 is 71.5. The molecule has 2 heterocycles. The van der Waals surface area contributed by atoms with Gasteiger partial charge in [-0.05, 0) is 56.3 Å². The van der Waals surface area contributed by atoms with Crippen LogP contribution >= 0.6 is 0 Å². The lowest BCUT2D eigenvalue weighted by Crippen LogP contribution is -2.41. The lowest BCUT2D eigenvalue weighted by Gasteiger charge is -2.18. The van der Waals surface area contributed by atoms with Crippen LogP contribution in [0.4, 0.5) is 18.0 Å². The van der Waals surface area contributed by atoms with E-state index in [0.29, 0.717) is 4.57 Å². The van der Waals surface area contributed by atoms with E-state index in [0.717, 1.165) is 40.7 Å². The predicted molar refractivity (Wildman–Crippen MR) is 144 cm³/mol. The molecule has 0 radical (unpaired) electrons. The Morgan fingerprint density at radius 2 is 1.76 bits per heavy atom. The first-order valence-electron chi connectivity index (χ1n) is 12.1. The number of nitriles is 1. The summed E-state index contributed by atoms with van der Waals surface area (Å²) in [5.41, 5.74) is -3.78. The van der Waals surface area contributed by atoms with Gasteiger partial charge < -0.3 is 5.32 Å². The molecule has 42 heavy (non-hydrogen) atoms. The van der Waals surface area contributed by atoms with Gasteiger partial charge in [-0.3, -0.25) is 13.9 Å². The number of nitrogens with one attached hydrogen (secondary N) is 2. The van der Waals surface area contributed by atoms with Crippen LogP contribution in [-0.2, 0) is 23.2 Å². The molecule has 0 saturated heterocycles. The first-order chi connectivity index (χ1) is 19.7. The van der Waals surface area contributed by atoms with Crippen molar-refractivity contribution < 1.29 is 26.4 Å². The van der Waals surface area contributed by atoms with Crippen LogP contribution in [0, 0.1) is 18.3 Å². The number of nitrogens with zero attached hydrogens (tertiary/aromatic N) is 5. The van der Waals surface area contributed by atoms with Gasteiger partial charge in [0.25, 0.3) is 15.6 Å². The van der Waals surface area contributed by atoms with E-state index in [1.54, 1.807) is 6.92 Å². The van der Waals surface area contributed by atoms with E-state index in [4.69, 9.17) is 5.26 Å². The molecule has 0 aliphatic heterocycles. The monoisotopic (exact) mass is 601 g/mol. The normalized spacial score (nSPS) is 11.6. The highest BCUT2D eigenvalue weighted by atomic mass is 32.2. The maximum absolute atomic E-state index is 13.6. The molecule has 0 fully saturated rings. The zero-order chi connectivity index (χ0) is 31.0. The Kier molecular flexibility index (Phi) is 7.81. The second kappa shape index (κ2) is 11.0. The molecule has 0 aliphatic carbocycles. The van der Waals surface area contributed by atoms with Gasteiger partial charge in [-0.25, -0.2) is 27.4 Å². The van der Waals surface area contributed by atoms with Gasteiger partial charge in [-0.2, -0.15) is 23.5 Å². The van der Waals surface area contributed by atoms with Crippen molar-refractivity contribution in [2.24, 2.45) is 7.05 Å². The number of hydrogen-bond donors (Lipinski definition) is 2. The molecule has 0 aliphatic rings. The van der Waals surface area contributed by atoms with Crippen molar-refractivity contribution in [3.63, 3.8) is 0 Å². The molecular formula is C26H22F3N7O5S. The van der Waals surface area contributed by atoms with Gasteiger partial charge in [0, 0.05) is 19.3 Å². The summed E-state index contributed by atoms with van der Waals surface area (Å²) in [5.74, 6) is 0. The van der Waals surface area contributed by atoms with Gasteiger partial charge in [0.05, 0.1) is 40.3 Å². The number of aromatic nitrogens is 4. The van der Waals surface area contributed by atoms with Gasteiger partial charge in [0.1, 0.15) is 10.6 Å². The number of urea groups is 1. The first kappa shape index (κ1) is 29.8. The van der Waals surface area contributed by atoms with Crippen LogP contribution in [-0.4, -0.2) is 39.9 Å². The van der Waals surface area contributed by atoms with Crippen LogP contribution in [0.3, 0.4) is 0 Å². The highest BCUT2D eigenvalue weighted by Crippen LogP contribution is 2.32. The van der Waals surface area contributed by atoms with Crippen LogP contribution in [0.1, 0.15) is 23.7 Å². The Bertz CT molecular complexity index is 1970. The van der Waals surface area contributed by atoms with Crippen molar-refractivity contribution in [3.05, 3.63) is 92.4 Å². The van der Waals surface area contributed by atoms with Gasteiger partial charge in [-0.15, -0.1) is 0 Å². The number of halogens is 3. The molecule has 16 heteroatoms. The number of carbonyl (C=O) groups is 1. The largest absolute Gasteiger partial charge is 0.416 e. The Morgan fingerprint density at radius 3 is 2.36 bits per heavy atom. The number of amides is 2. The van der Waals surface area contributed by atoms with Crippen LogP contribution < -0.4 is 21.3 Å². The van der Waals surface area contributed by atoms with Crippen LogP contribution in [0.25, 0.3) is 22.6 Å². The van der Waals surface area contributed by atoms with E-state index in [-0.39, 0.29) is 34.9 Å². The minimum Gasteiger partial charge on any atom is -0.338 e. The Morgan fingerprint density at radius 1 is 1.10 bits per heavy atom. The molecule has 0 bridgehead atoms. The third kappa shape index (κ3) is 5.41. The molecule has 0 saturated carbocycles. The maximum atomic E-state index is 13.6. The summed E-state index contributed by atoms with van der Waals surface area (Å²) in [6.45, 7) is 2.92. The fourth-order valence-electron chi connectivity index (χ4n) is 4.22. The Hall–Kier alpha value is -5.17. The summed E-state index contributed by atoms with van der Waals surface area (Å²) >= 11 is 0. The molecule has 218 valence electrons. The van der Waals surface area contributed by atoms with E-state index in [2.05, 4.69) is 10.4 Å². The number of carbonyl (C=O) groups excluding carboxylic acids is 1. The van der Waals surface area contributed by atoms with E-state index in [9.17, 15) is 36.0 Å². The summed E-state index contributed by atoms with van der Waals surface area (Å²) in [6.07, 6.45) is -3.86. The molecular weight excluding hydrogens is 579 g/mol. The van der Waals surface area contributed by atoms with Crippen LogP contribution in [0.15, 0.2) is 69.2 Å². The van der Waals surface area contributed by atoms with Gasteiger partial charge in [-0.1, -0.05) is 6.07 Å². The third-order valence-electron chi connectivity index (χ3n) is 6.19. The summed E-state index contributed by atoms with van der Waals surface area (Å²) in [4.78, 5) is 38.3. The molecule has 2 aromatic heterocycles. The number of alkyl halides is 3. The van der Waals surface area contributed by atoms with E-state index in [1.807, 2.05) is 10.8 Å². The second-order valence-electron chi connectivity index (χ2n) is 8.88. The zero-order valence-corrected chi connectivity index (χ0v) is 23.0. The van der Waals surface area contributed by atoms with Crippen molar-refractivity contribution in [1.82, 2.24) is 29.0 Å². The Labute approximate surface area is 236 Å². The van der Waals surface area contributed by atoms with Gasteiger partial charge >= 0.3 is 17.9 Å². The number of rotatable bonds is 6. The van der Waals surface area contributed by atoms with Crippen LogP contribution in [0.2, 0.25) is 0 Å². The summed E-state index contributed by atoms with van der Waals surface area (Å²) in [5, 5.41) is 15.6. The third-order valence-corrected chi connectivity index (χ3v) is 7.52. The van der Waals surface area contributed by atoms with Crippen molar-refractivity contribution in [3.8, 4) is 28.7 Å². The molecule has 4 aromatic rings. The fraction of sp³-hybridized carbons (Fsp3) is 0.192. The highest BCUT2D eigenvalue weighted by Gasteiger charge is 2.33. The maximum Gasteiger partial charge on any atom is 0.416 e. The molecule has 4 rings (SSSR count). The predicted octanol–water partition coefficient (Wildman–Crippen LogP) is 2.60. The first-order valence-corrected chi connectivity index (χ1v) is 13.6. The number of hydrogen-bond acceptors (Lipinski definition) is 7. The van der Waals surface area contributed by atoms with Crippen molar-refractivity contribution in [2.45, 2.75) is 24.9 Å². The average Bonchev–Trinajstić information content (AvgIpc) is 3.37. The molecule has 2 amide bonds. The van der Waals surface area contributed by atoms with Gasteiger partial charge in [0.15, 0.2) is 0 Å². The SMILES string of the molecule is CCNC(=O)NS(=O)(=O)c1cnn(-c2ccc(C#N)cc2)c1-c1c(C)n(-c2cccc(C(F)(F)F)c2)c(=O)n(C)c1=O. The van der Waals surface area contributed by atoms with E-state index < -0.39 is 49.5 Å². The van der Waals surface area contributed by atoms with Gasteiger partial charge in [0.2, 0.25) is 0 Å². The molecule has 0 atom stereocenters. The highest BCUT2D eigenvalue weighted by molar-refractivity contribution is 7.90. The van der Waals surface area contributed by atoms with Crippen molar-refractivity contribution in [2.75, 3.05) is 6.54 Å². The molecule has 2 N–H and O–H groups in total. The smallest absolute Gasteiger partial charge is 0.338 e. The second-order valence-corrected chi connectivity index (χ2v) is 10.5. The zero-order valence-electron chi connectivity index (χ0n) is 22.2. The average molecular weight is 602 g/mol. The molecule has 2 aromatic carbocycles. The summed E-state index contributed by atoms with van der Waals surface area (Å²) in [7, 11) is -3.62. The minimum atomic E-state index is -4.74. The summed E-state index contributed by atoms with van der Waals surface area (Å²) in [6, 6.07) is 10.4. The van der Waals surface area contributed by atoms with E-state index >= 15 is 0 Å². The topological polar surface area (TPSA) is 161 Å². The van der Waals surface area contributed by atoms with Crippen LogP contribution in [0.5, 0.6) is 0 Å². The van der Waals surface area contributed by atoms with Crippen molar-refractivity contribution >= 4 is 16.1 Å². The lowest BCUT2D eigenvalue weighted by atomic mass is 10.1. The molecule has 0 unspecified atom stereocenters. The fourth-order valence-corrected chi connectivity index (χ4v) is 5.27. The number of sulfonamides is 1. The molecule has 0 spiro atoms. The quantitative estimate of drug-likeness (QED) is 0.343. The minimum absolute atomic E-state index is 0.0975. The lowest BCUT2D eigenvalue weighted by molar-refractivity contribution is -0.137. The van der Waals surface area contributed by atoms with E-state index in [1.165, 1.54) is 37.3 Å². The Balaban J connectivity index is 2.10. The van der Waals surface area contributed by atoms with Crippen molar-refractivity contribution in [1.29, 1.82) is 5.26 Å².